The van der Waals surface area contributed by atoms with Crippen LogP contribution in [0, 0.1) is 5.82 Å². The molecule has 3 rings (SSSR count). The molecule has 2 atom stereocenters. The van der Waals surface area contributed by atoms with Gasteiger partial charge in [0.2, 0.25) is 11.8 Å². The average molecular weight is 384 g/mol. The molecule has 6 nitrogen and oxygen atoms in total. The Kier molecular flexibility index (Phi) is 5.94. The molecule has 2 amide bonds. The Hall–Kier alpha value is -2.93. The Balaban J connectivity index is 1.84. The second-order valence-corrected chi connectivity index (χ2v) is 6.93. The molecule has 0 fully saturated rings. The lowest BCUT2D eigenvalue weighted by Crippen LogP contribution is -2.44. The van der Waals surface area contributed by atoms with Crippen molar-refractivity contribution in [3.63, 3.8) is 0 Å². The van der Waals surface area contributed by atoms with Crippen LogP contribution in [0.4, 0.5) is 21.5 Å². The summed E-state index contributed by atoms with van der Waals surface area (Å²) >= 11 is 0. The van der Waals surface area contributed by atoms with Crippen molar-refractivity contribution in [1.29, 1.82) is 0 Å². The molecule has 0 bridgehead atoms. The summed E-state index contributed by atoms with van der Waals surface area (Å²) in [5, 5.41) is 6.16. The van der Waals surface area contributed by atoms with Gasteiger partial charge in [0.15, 0.2) is 0 Å². The van der Waals surface area contributed by atoms with Crippen LogP contribution in [0.15, 0.2) is 42.5 Å². The Morgan fingerprint density at radius 2 is 1.86 bits per heavy atom. The maximum atomic E-state index is 13.9. The summed E-state index contributed by atoms with van der Waals surface area (Å²) in [7, 11) is 0. The number of carbonyl (C=O) groups is 2. The first-order chi connectivity index (χ1) is 13.4. The predicted octanol–water partition coefficient (Wildman–Crippen LogP) is 3.41. The minimum atomic E-state index is -0.361. The third-order valence-corrected chi connectivity index (χ3v) is 4.91. The molecule has 2 aromatic rings. The van der Waals surface area contributed by atoms with E-state index in [0.717, 1.165) is 11.3 Å². The highest BCUT2D eigenvalue weighted by Crippen LogP contribution is 2.39. The van der Waals surface area contributed by atoms with E-state index in [9.17, 15) is 14.0 Å². The van der Waals surface area contributed by atoms with Gasteiger partial charge in [0.1, 0.15) is 5.82 Å². The SMILES string of the molecule is CCC(=O)N1c2cc(F)ccc2[C@H](Nc2ccc(NC(=O)CN)cc2)C[C@@H]1C. The van der Waals surface area contributed by atoms with E-state index in [1.54, 1.807) is 23.1 Å². The predicted molar refractivity (Wildman–Crippen MR) is 109 cm³/mol. The van der Waals surface area contributed by atoms with E-state index in [4.69, 9.17) is 5.73 Å². The number of benzene rings is 2. The van der Waals surface area contributed by atoms with Crippen molar-refractivity contribution in [3.8, 4) is 0 Å². The summed E-state index contributed by atoms with van der Waals surface area (Å²) in [6.07, 6.45) is 1.07. The maximum Gasteiger partial charge on any atom is 0.238 e. The van der Waals surface area contributed by atoms with Crippen molar-refractivity contribution in [1.82, 2.24) is 0 Å². The van der Waals surface area contributed by atoms with Gasteiger partial charge in [-0.25, -0.2) is 4.39 Å². The fourth-order valence-electron chi connectivity index (χ4n) is 3.58. The highest BCUT2D eigenvalue weighted by Gasteiger charge is 2.33. The Morgan fingerprint density at radius 1 is 1.18 bits per heavy atom. The first-order valence-electron chi connectivity index (χ1n) is 9.41. The summed E-state index contributed by atoms with van der Waals surface area (Å²) in [5.74, 6) is -0.628. The summed E-state index contributed by atoms with van der Waals surface area (Å²) in [6.45, 7) is 3.71. The lowest BCUT2D eigenvalue weighted by molar-refractivity contribution is -0.119. The second kappa shape index (κ2) is 8.39. The number of halogens is 1. The van der Waals surface area contributed by atoms with Crippen LogP contribution in [0.1, 0.15) is 38.3 Å². The number of amides is 2. The number of anilines is 3. The number of fused-ring (bicyclic) bond motifs is 1. The molecule has 28 heavy (non-hydrogen) atoms. The van der Waals surface area contributed by atoms with Gasteiger partial charge in [-0.2, -0.15) is 0 Å². The minimum absolute atomic E-state index is 0.0159. The van der Waals surface area contributed by atoms with Crippen molar-refractivity contribution in [2.75, 3.05) is 22.1 Å². The number of hydrogen-bond acceptors (Lipinski definition) is 4. The number of nitrogens with zero attached hydrogens (tertiary/aromatic N) is 1. The second-order valence-electron chi connectivity index (χ2n) is 6.93. The highest BCUT2D eigenvalue weighted by atomic mass is 19.1. The third-order valence-electron chi connectivity index (χ3n) is 4.91. The van der Waals surface area contributed by atoms with Crippen LogP contribution in [-0.4, -0.2) is 24.4 Å². The molecule has 0 saturated carbocycles. The van der Waals surface area contributed by atoms with E-state index < -0.39 is 0 Å². The van der Waals surface area contributed by atoms with Crippen LogP contribution in [0.2, 0.25) is 0 Å². The van der Waals surface area contributed by atoms with Gasteiger partial charge in [0, 0.05) is 23.8 Å². The molecule has 148 valence electrons. The zero-order chi connectivity index (χ0) is 20.3. The minimum Gasteiger partial charge on any atom is -0.378 e. The number of nitrogens with two attached hydrogens (primary N) is 1. The number of hydrogen-bond donors (Lipinski definition) is 3. The van der Waals surface area contributed by atoms with Crippen molar-refractivity contribution in [3.05, 3.63) is 53.8 Å². The van der Waals surface area contributed by atoms with Gasteiger partial charge in [0.05, 0.1) is 18.3 Å². The zero-order valence-corrected chi connectivity index (χ0v) is 16.0. The fraction of sp³-hybridized carbons (Fsp3) is 0.333. The molecular weight excluding hydrogens is 359 g/mol. The number of nitrogens with one attached hydrogen (secondary N) is 2. The Morgan fingerprint density at radius 3 is 2.50 bits per heavy atom. The molecule has 7 heteroatoms. The van der Waals surface area contributed by atoms with E-state index in [1.807, 2.05) is 26.0 Å². The molecule has 0 aromatic heterocycles. The van der Waals surface area contributed by atoms with Gasteiger partial charge in [-0.15, -0.1) is 0 Å². The third kappa shape index (κ3) is 4.14. The molecule has 0 unspecified atom stereocenters. The van der Waals surface area contributed by atoms with Crippen molar-refractivity contribution in [2.45, 2.75) is 38.8 Å². The van der Waals surface area contributed by atoms with Gasteiger partial charge in [-0.1, -0.05) is 13.0 Å². The van der Waals surface area contributed by atoms with Gasteiger partial charge in [-0.3, -0.25) is 9.59 Å². The van der Waals surface area contributed by atoms with Crippen molar-refractivity contribution in [2.24, 2.45) is 5.73 Å². The first-order valence-corrected chi connectivity index (χ1v) is 9.41. The summed E-state index contributed by atoms with van der Waals surface area (Å²) in [5.41, 5.74) is 8.35. The van der Waals surface area contributed by atoms with E-state index in [1.165, 1.54) is 12.1 Å². The molecule has 0 saturated heterocycles. The summed E-state index contributed by atoms with van der Waals surface area (Å²) in [6, 6.07) is 11.8. The maximum absolute atomic E-state index is 13.9. The lowest BCUT2D eigenvalue weighted by atomic mass is 9.91. The van der Waals surface area contributed by atoms with Crippen LogP contribution in [0.5, 0.6) is 0 Å². The quantitative estimate of drug-likeness (QED) is 0.737. The average Bonchev–Trinajstić information content (AvgIpc) is 2.68. The summed E-state index contributed by atoms with van der Waals surface area (Å²) in [4.78, 5) is 25.5. The molecule has 4 N–H and O–H groups in total. The molecule has 1 heterocycles. The number of rotatable bonds is 5. The van der Waals surface area contributed by atoms with E-state index in [2.05, 4.69) is 10.6 Å². The number of carbonyl (C=O) groups excluding carboxylic acids is 2. The monoisotopic (exact) mass is 384 g/mol. The van der Waals surface area contributed by atoms with E-state index in [-0.39, 0.29) is 36.3 Å². The lowest BCUT2D eigenvalue weighted by Gasteiger charge is -2.40. The Labute approximate surface area is 163 Å². The van der Waals surface area contributed by atoms with Gasteiger partial charge in [-0.05, 0) is 55.3 Å². The van der Waals surface area contributed by atoms with Gasteiger partial charge < -0.3 is 21.3 Å². The van der Waals surface area contributed by atoms with Gasteiger partial charge >= 0.3 is 0 Å². The van der Waals surface area contributed by atoms with E-state index in [0.29, 0.717) is 24.2 Å². The molecule has 2 aromatic carbocycles. The smallest absolute Gasteiger partial charge is 0.238 e. The van der Waals surface area contributed by atoms with Crippen LogP contribution in [0.3, 0.4) is 0 Å². The van der Waals surface area contributed by atoms with Crippen LogP contribution in [-0.2, 0) is 9.59 Å². The molecule has 1 aliphatic heterocycles. The molecule has 0 spiro atoms. The van der Waals surface area contributed by atoms with Gasteiger partial charge in [0.25, 0.3) is 0 Å². The zero-order valence-electron chi connectivity index (χ0n) is 16.0. The van der Waals surface area contributed by atoms with Crippen LogP contribution < -0.4 is 21.3 Å². The molecule has 0 radical (unpaired) electrons. The normalized spacial score (nSPS) is 18.4. The van der Waals surface area contributed by atoms with Crippen LogP contribution >= 0.6 is 0 Å². The fourth-order valence-corrected chi connectivity index (χ4v) is 3.58. The molecule has 1 aliphatic rings. The summed E-state index contributed by atoms with van der Waals surface area (Å²) < 4.78 is 13.9. The molecule has 0 aliphatic carbocycles. The standard InChI is InChI=1S/C21H25FN4O2/c1-3-21(28)26-13(2)10-18(17-9-4-14(22)11-19(17)26)24-15-5-7-16(8-6-15)25-20(27)12-23/h4-9,11,13,18,24H,3,10,12,23H2,1-2H3,(H,25,27)/t13-,18+/m0/s1. The van der Waals surface area contributed by atoms with Crippen LogP contribution in [0.25, 0.3) is 0 Å². The Bertz CT molecular complexity index is 869. The largest absolute Gasteiger partial charge is 0.378 e. The van der Waals surface area contributed by atoms with Crippen molar-refractivity contribution < 1.29 is 14.0 Å². The first kappa shape index (κ1) is 19.8. The molecular formula is C21H25FN4O2. The van der Waals surface area contributed by atoms with Crippen molar-refractivity contribution >= 4 is 28.9 Å². The van der Waals surface area contributed by atoms with E-state index >= 15 is 0 Å². The highest BCUT2D eigenvalue weighted by molar-refractivity contribution is 5.95. The topological polar surface area (TPSA) is 87.5 Å².